The number of carbonyl (C=O) groups excluding carboxylic acids is 1. The summed E-state index contributed by atoms with van der Waals surface area (Å²) in [6.07, 6.45) is 1.10. The quantitative estimate of drug-likeness (QED) is 0.454. The van der Waals surface area contributed by atoms with Gasteiger partial charge in [0.15, 0.2) is 0 Å². The molecule has 0 aliphatic carbocycles. The number of carboxylic acids is 2. The molecule has 0 spiro atoms. The fraction of sp³-hybridized carbons (Fsp3) is 0.545. The molecule has 0 amide bonds. The Labute approximate surface area is 105 Å². The minimum Gasteiger partial charge on any atom is -0.481 e. The topological polar surface area (TPSA) is 113 Å². The van der Waals surface area contributed by atoms with Gasteiger partial charge in [-0.2, -0.15) is 0 Å². The second-order valence-corrected chi connectivity index (χ2v) is 3.16. The van der Waals surface area contributed by atoms with Crippen molar-refractivity contribution in [3.05, 3.63) is 12.8 Å². The van der Waals surface area contributed by atoms with E-state index in [9.17, 15) is 14.4 Å². The Balaban J connectivity index is 0. The highest BCUT2D eigenvalue weighted by Crippen LogP contribution is 1.97. The first-order valence-electron chi connectivity index (χ1n) is 5.31. The van der Waals surface area contributed by atoms with Crippen LogP contribution < -0.4 is 5.32 Å². The molecule has 0 aromatic heterocycles. The molecular formula is C11H19NO6. The van der Waals surface area contributed by atoms with Gasteiger partial charge < -0.3 is 20.3 Å². The molecule has 1 unspecified atom stereocenters. The van der Waals surface area contributed by atoms with E-state index in [1.165, 1.54) is 6.92 Å². The van der Waals surface area contributed by atoms with Crippen molar-refractivity contribution < 1.29 is 29.3 Å². The molecule has 0 saturated heterocycles. The second-order valence-electron chi connectivity index (χ2n) is 3.16. The maximum atomic E-state index is 10.4. The van der Waals surface area contributed by atoms with Gasteiger partial charge in [-0.1, -0.05) is 13.5 Å². The number of hydrogen-bond acceptors (Lipinski definition) is 5. The molecule has 0 bridgehead atoms. The van der Waals surface area contributed by atoms with Gasteiger partial charge in [0.2, 0.25) is 0 Å². The third kappa shape index (κ3) is 14.1. The number of likely N-dealkylation sites (N-methyl/N-ethyl adjacent to an activating group) is 1. The van der Waals surface area contributed by atoms with Gasteiger partial charge in [-0.05, 0) is 13.0 Å². The predicted octanol–water partition coefficient (Wildman–Crippen LogP) is 0.607. The summed E-state index contributed by atoms with van der Waals surface area (Å²) in [5, 5.41) is 19.5. The lowest BCUT2D eigenvalue weighted by atomic mass is 10.1. The Bertz CT molecular complexity index is 289. The lowest BCUT2D eigenvalue weighted by molar-refractivity contribution is -0.141. The van der Waals surface area contributed by atoms with E-state index in [0.717, 1.165) is 6.26 Å². The van der Waals surface area contributed by atoms with Crippen molar-refractivity contribution in [1.29, 1.82) is 0 Å². The molecule has 0 fully saturated rings. The number of nitrogens with one attached hydrogen (secondary N) is 1. The van der Waals surface area contributed by atoms with Crippen LogP contribution in [0.4, 0.5) is 0 Å². The molecule has 7 heteroatoms. The van der Waals surface area contributed by atoms with Crippen LogP contribution in [-0.4, -0.2) is 40.7 Å². The van der Waals surface area contributed by atoms with Crippen LogP contribution in [0.25, 0.3) is 0 Å². The number of aliphatic carboxylic acids is 2. The second kappa shape index (κ2) is 11.6. The lowest BCUT2D eigenvalue weighted by Crippen LogP contribution is -2.36. The van der Waals surface area contributed by atoms with E-state index in [1.54, 1.807) is 6.92 Å². The van der Waals surface area contributed by atoms with Gasteiger partial charge in [-0.15, -0.1) is 0 Å². The van der Waals surface area contributed by atoms with E-state index in [2.05, 4.69) is 16.6 Å². The molecule has 0 saturated carbocycles. The van der Waals surface area contributed by atoms with Crippen LogP contribution in [0.2, 0.25) is 0 Å². The van der Waals surface area contributed by atoms with Crippen molar-refractivity contribution >= 4 is 17.9 Å². The highest BCUT2D eigenvalue weighted by atomic mass is 16.5. The molecule has 0 rings (SSSR count). The molecule has 0 aromatic carbocycles. The van der Waals surface area contributed by atoms with E-state index in [1.807, 2.05) is 0 Å². The standard InChI is InChI=1S/C7H13NO4.C4H6O2/c1-2-8-5(7(11)12)3-4-6(9)10;1-3-6-4(2)5/h5,8H,2-4H2,1H3,(H,9,10)(H,11,12);3H,1H2,2H3. The lowest BCUT2D eigenvalue weighted by Gasteiger charge is -2.10. The smallest absolute Gasteiger partial charge is 0.320 e. The summed E-state index contributed by atoms with van der Waals surface area (Å²) in [5.41, 5.74) is 0. The molecule has 0 radical (unpaired) electrons. The number of carboxylic acid groups (broad SMARTS) is 2. The van der Waals surface area contributed by atoms with E-state index in [0.29, 0.717) is 6.54 Å². The normalized spacial score (nSPS) is 10.6. The van der Waals surface area contributed by atoms with Crippen molar-refractivity contribution in [2.45, 2.75) is 32.7 Å². The van der Waals surface area contributed by atoms with Gasteiger partial charge in [0.25, 0.3) is 0 Å². The molecule has 0 aromatic rings. The fourth-order valence-corrected chi connectivity index (χ4v) is 0.944. The Morgan fingerprint density at radius 1 is 1.39 bits per heavy atom. The maximum Gasteiger partial charge on any atom is 0.320 e. The zero-order valence-corrected chi connectivity index (χ0v) is 10.5. The number of ether oxygens (including phenoxy) is 1. The minimum absolute atomic E-state index is 0.121. The summed E-state index contributed by atoms with van der Waals surface area (Å²) < 4.78 is 4.17. The SMILES string of the molecule is C=COC(C)=O.CCNC(CCC(=O)O)C(=O)O. The van der Waals surface area contributed by atoms with Gasteiger partial charge in [-0.25, -0.2) is 0 Å². The fourth-order valence-electron chi connectivity index (χ4n) is 0.944. The van der Waals surface area contributed by atoms with Crippen LogP contribution in [-0.2, 0) is 19.1 Å². The molecule has 3 N–H and O–H groups in total. The molecule has 104 valence electrons. The summed E-state index contributed by atoms with van der Waals surface area (Å²) >= 11 is 0. The average molecular weight is 261 g/mol. The van der Waals surface area contributed by atoms with Gasteiger partial charge in [0.1, 0.15) is 6.04 Å². The Kier molecular flexibility index (Phi) is 11.9. The van der Waals surface area contributed by atoms with Crippen LogP contribution in [0, 0.1) is 0 Å². The first kappa shape index (κ1) is 18.5. The van der Waals surface area contributed by atoms with Crippen molar-refractivity contribution in [1.82, 2.24) is 5.32 Å². The van der Waals surface area contributed by atoms with Crippen molar-refractivity contribution in [2.24, 2.45) is 0 Å². The summed E-state index contributed by atoms with van der Waals surface area (Å²) in [7, 11) is 0. The van der Waals surface area contributed by atoms with E-state index in [4.69, 9.17) is 10.2 Å². The van der Waals surface area contributed by atoms with E-state index in [-0.39, 0.29) is 18.8 Å². The van der Waals surface area contributed by atoms with E-state index < -0.39 is 18.0 Å². The average Bonchev–Trinajstić information content (AvgIpc) is 2.24. The zero-order chi connectivity index (χ0) is 14.6. The summed E-state index contributed by atoms with van der Waals surface area (Å²) in [6, 6.07) is -0.744. The molecule has 1 atom stereocenters. The highest BCUT2D eigenvalue weighted by Gasteiger charge is 2.16. The van der Waals surface area contributed by atoms with Gasteiger partial charge in [0.05, 0.1) is 6.26 Å². The molecule has 0 aliphatic rings. The zero-order valence-electron chi connectivity index (χ0n) is 10.5. The van der Waals surface area contributed by atoms with E-state index >= 15 is 0 Å². The molecule has 0 aliphatic heterocycles. The van der Waals surface area contributed by atoms with Crippen molar-refractivity contribution in [2.75, 3.05) is 6.54 Å². The van der Waals surface area contributed by atoms with Crippen LogP contribution in [0.5, 0.6) is 0 Å². The molecular weight excluding hydrogens is 242 g/mol. The molecule has 0 heterocycles. The first-order valence-corrected chi connectivity index (χ1v) is 5.31. The largest absolute Gasteiger partial charge is 0.481 e. The van der Waals surface area contributed by atoms with Crippen LogP contribution >= 0.6 is 0 Å². The van der Waals surface area contributed by atoms with Crippen LogP contribution in [0.1, 0.15) is 26.7 Å². The Morgan fingerprint density at radius 3 is 2.17 bits per heavy atom. The van der Waals surface area contributed by atoms with Gasteiger partial charge >= 0.3 is 17.9 Å². The van der Waals surface area contributed by atoms with Crippen LogP contribution in [0.3, 0.4) is 0 Å². The summed E-state index contributed by atoms with van der Waals surface area (Å²) in [6.45, 7) is 6.78. The number of carbonyl (C=O) groups is 3. The molecule has 18 heavy (non-hydrogen) atoms. The third-order valence-corrected chi connectivity index (χ3v) is 1.64. The van der Waals surface area contributed by atoms with Crippen molar-refractivity contribution in [3.8, 4) is 0 Å². The Hall–Kier alpha value is -1.89. The number of hydrogen-bond donors (Lipinski definition) is 3. The minimum atomic E-state index is -1.00. The number of rotatable bonds is 7. The first-order chi connectivity index (χ1) is 8.34. The summed E-state index contributed by atoms with van der Waals surface area (Å²) in [5.74, 6) is -2.30. The van der Waals surface area contributed by atoms with Gasteiger partial charge in [-0.3, -0.25) is 14.4 Å². The summed E-state index contributed by atoms with van der Waals surface area (Å²) in [4.78, 5) is 30.3. The Morgan fingerprint density at radius 2 is 1.94 bits per heavy atom. The monoisotopic (exact) mass is 261 g/mol. The number of esters is 1. The molecule has 7 nitrogen and oxygen atoms in total. The third-order valence-electron chi connectivity index (χ3n) is 1.64. The predicted molar refractivity (Wildman–Crippen MR) is 63.9 cm³/mol. The van der Waals surface area contributed by atoms with Gasteiger partial charge in [0, 0.05) is 13.3 Å². The van der Waals surface area contributed by atoms with Crippen LogP contribution in [0.15, 0.2) is 12.8 Å². The highest BCUT2D eigenvalue weighted by molar-refractivity contribution is 5.75. The maximum absolute atomic E-state index is 10.4. The van der Waals surface area contributed by atoms with Crippen molar-refractivity contribution in [3.63, 3.8) is 0 Å².